The van der Waals surface area contributed by atoms with Crippen LogP contribution in [0.25, 0.3) is 0 Å². The molecule has 0 aromatic rings. The lowest BCUT2D eigenvalue weighted by molar-refractivity contribution is 1.03. The van der Waals surface area contributed by atoms with E-state index in [1.165, 1.54) is 11.8 Å². The fourth-order valence-corrected chi connectivity index (χ4v) is 0.851. The van der Waals surface area contributed by atoms with E-state index in [2.05, 4.69) is 15.6 Å². The summed E-state index contributed by atoms with van der Waals surface area (Å²) in [5.74, 6) is 5.78. The molecule has 0 atom stereocenters. The van der Waals surface area contributed by atoms with Crippen LogP contribution in [-0.2, 0) is 0 Å². The molecule has 3 N–H and O–H groups in total. The fraction of sp³-hybridized carbons (Fsp3) is 0.333. The number of hydrazone groups is 2. The van der Waals surface area contributed by atoms with Gasteiger partial charge in [-0.15, -0.1) is 0 Å². The average molecular weight is 130 g/mol. The maximum Gasteiger partial charge on any atom is 0.200 e. The van der Waals surface area contributed by atoms with Gasteiger partial charge in [-0.05, 0) is 0 Å². The molecule has 1 rings (SSSR count). The molecule has 0 unspecified atom stereocenters. The van der Waals surface area contributed by atoms with Gasteiger partial charge in [-0.25, -0.2) is 0 Å². The molecule has 44 valence electrons. The van der Waals surface area contributed by atoms with Crippen molar-refractivity contribution in [3.63, 3.8) is 0 Å². The lowest BCUT2D eigenvalue weighted by Gasteiger charge is -2.04. The number of hydrogen-bond acceptors (Lipinski definition) is 4. The highest BCUT2D eigenvalue weighted by molar-refractivity contribution is 8.14. The van der Waals surface area contributed by atoms with Crippen LogP contribution in [0.1, 0.15) is 0 Å². The zero-order valence-corrected chi connectivity index (χ0v) is 4.98. The van der Waals surface area contributed by atoms with Crippen LogP contribution in [0, 0.1) is 0 Å². The summed E-state index contributed by atoms with van der Waals surface area (Å²) < 4.78 is 0. The molecule has 0 saturated carbocycles. The summed E-state index contributed by atoms with van der Waals surface area (Å²) in [4.78, 5) is 0. The van der Waals surface area contributed by atoms with Crippen LogP contribution in [0.15, 0.2) is 10.2 Å². The van der Waals surface area contributed by atoms with E-state index in [0.29, 0.717) is 5.17 Å². The summed E-state index contributed by atoms with van der Waals surface area (Å²) in [5.41, 5.74) is 2.63. The highest BCUT2D eigenvalue weighted by Crippen LogP contribution is 2.01. The van der Waals surface area contributed by atoms with Gasteiger partial charge in [0.05, 0.1) is 0 Å². The average Bonchev–Trinajstić information content (AvgIpc) is 1.90. The molecule has 4 nitrogen and oxygen atoms in total. The normalized spacial score (nSPS) is 23.2. The molecule has 0 aliphatic carbocycles. The van der Waals surface area contributed by atoms with Gasteiger partial charge in [0.2, 0.25) is 5.17 Å². The first-order valence-corrected chi connectivity index (χ1v) is 3.10. The zero-order chi connectivity index (χ0) is 5.82. The summed E-state index contributed by atoms with van der Waals surface area (Å²) in [7, 11) is 0. The SMILES string of the molecule is NN=C1NN=CCS1. The van der Waals surface area contributed by atoms with Crippen LogP contribution in [0.4, 0.5) is 0 Å². The van der Waals surface area contributed by atoms with Crippen molar-refractivity contribution in [2.45, 2.75) is 0 Å². The Balaban J connectivity index is 2.50. The molecule has 1 aliphatic rings. The van der Waals surface area contributed by atoms with Crippen molar-refractivity contribution in [1.82, 2.24) is 5.43 Å². The van der Waals surface area contributed by atoms with E-state index in [-0.39, 0.29) is 0 Å². The number of rotatable bonds is 0. The molecule has 0 saturated heterocycles. The Kier molecular flexibility index (Phi) is 1.74. The molecule has 0 fully saturated rings. The summed E-state index contributed by atoms with van der Waals surface area (Å²) in [6.45, 7) is 0. The quantitative estimate of drug-likeness (QED) is 0.344. The van der Waals surface area contributed by atoms with E-state index in [1.54, 1.807) is 6.21 Å². The van der Waals surface area contributed by atoms with Gasteiger partial charge in [0.15, 0.2) is 0 Å². The molecule has 0 aromatic carbocycles. The van der Waals surface area contributed by atoms with Crippen LogP contribution in [-0.4, -0.2) is 17.1 Å². The first-order chi connectivity index (χ1) is 3.93. The smallest absolute Gasteiger partial charge is 0.200 e. The Morgan fingerprint density at radius 2 is 2.88 bits per heavy atom. The van der Waals surface area contributed by atoms with E-state index in [0.717, 1.165) is 5.75 Å². The van der Waals surface area contributed by atoms with Gasteiger partial charge < -0.3 is 5.84 Å². The second-order valence-corrected chi connectivity index (χ2v) is 2.18. The minimum Gasteiger partial charge on any atom is -0.321 e. The molecule has 0 spiro atoms. The van der Waals surface area contributed by atoms with Gasteiger partial charge in [0.25, 0.3) is 0 Å². The second-order valence-electron chi connectivity index (χ2n) is 1.17. The lowest BCUT2D eigenvalue weighted by atomic mass is 10.9. The second kappa shape index (κ2) is 2.56. The third-order valence-electron chi connectivity index (χ3n) is 0.663. The predicted molar refractivity (Wildman–Crippen MR) is 35.7 cm³/mol. The molecule has 1 aliphatic heterocycles. The summed E-state index contributed by atoms with van der Waals surface area (Å²) in [6.07, 6.45) is 1.76. The van der Waals surface area contributed by atoms with Gasteiger partial charge in [-0.1, -0.05) is 11.8 Å². The molecule has 0 amide bonds. The van der Waals surface area contributed by atoms with E-state index in [9.17, 15) is 0 Å². The minimum atomic E-state index is 0.674. The highest BCUT2D eigenvalue weighted by atomic mass is 32.2. The van der Waals surface area contributed by atoms with E-state index < -0.39 is 0 Å². The Hall–Kier alpha value is -0.710. The van der Waals surface area contributed by atoms with E-state index in [1.807, 2.05) is 0 Å². The first-order valence-electron chi connectivity index (χ1n) is 2.11. The largest absolute Gasteiger partial charge is 0.321 e. The van der Waals surface area contributed by atoms with Crippen molar-refractivity contribution in [2.24, 2.45) is 16.0 Å². The van der Waals surface area contributed by atoms with E-state index >= 15 is 0 Å². The standard InChI is InChI=1S/C3H6N4S/c4-6-3-7-5-1-2-8-3/h1H,2,4H2,(H,6,7). The number of nitrogens with one attached hydrogen (secondary N) is 1. The Bertz CT molecular complexity index is 129. The van der Waals surface area contributed by atoms with Crippen LogP contribution in [0.5, 0.6) is 0 Å². The van der Waals surface area contributed by atoms with Crippen molar-refractivity contribution in [1.29, 1.82) is 0 Å². The van der Waals surface area contributed by atoms with E-state index in [4.69, 9.17) is 5.84 Å². The van der Waals surface area contributed by atoms with Gasteiger partial charge in [-0.2, -0.15) is 10.2 Å². The van der Waals surface area contributed by atoms with Crippen molar-refractivity contribution in [3.8, 4) is 0 Å². The maximum atomic E-state index is 4.93. The molecular weight excluding hydrogens is 124 g/mol. The number of hydrogen-bond donors (Lipinski definition) is 2. The number of nitrogens with two attached hydrogens (primary N) is 1. The number of nitrogens with zero attached hydrogens (tertiary/aromatic N) is 2. The molecule has 0 bridgehead atoms. The van der Waals surface area contributed by atoms with Gasteiger partial charge in [0, 0.05) is 12.0 Å². The third-order valence-corrected chi connectivity index (χ3v) is 1.45. The highest BCUT2D eigenvalue weighted by Gasteiger charge is 1.98. The summed E-state index contributed by atoms with van der Waals surface area (Å²) in [5, 5.41) is 7.80. The van der Waals surface area contributed by atoms with Crippen LogP contribution in [0.3, 0.4) is 0 Å². The van der Waals surface area contributed by atoms with Crippen LogP contribution < -0.4 is 11.3 Å². The molecule has 0 radical (unpaired) electrons. The van der Waals surface area contributed by atoms with Gasteiger partial charge >= 0.3 is 0 Å². The molecule has 8 heavy (non-hydrogen) atoms. The van der Waals surface area contributed by atoms with Crippen molar-refractivity contribution in [2.75, 3.05) is 5.75 Å². The van der Waals surface area contributed by atoms with Crippen LogP contribution in [0.2, 0.25) is 0 Å². The Morgan fingerprint density at radius 1 is 2.00 bits per heavy atom. The number of thioether (sulfide) groups is 1. The fourth-order valence-electron chi connectivity index (χ4n) is 0.353. The number of amidine groups is 1. The Labute approximate surface area is 51.2 Å². The summed E-state index contributed by atoms with van der Waals surface area (Å²) >= 11 is 1.53. The zero-order valence-electron chi connectivity index (χ0n) is 4.16. The molecule has 0 aromatic heterocycles. The lowest BCUT2D eigenvalue weighted by Crippen LogP contribution is -2.20. The topological polar surface area (TPSA) is 62.8 Å². The minimum absolute atomic E-state index is 0.674. The predicted octanol–water partition coefficient (Wildman–Crippen LogP) is -0.462. The Morgan fingerprint density at radius 3 is 3.25 bits per heavy atom. The van der Waals surface area contributed by atoms with Crippen LogP contribution >= 0.6 is 11.8 Å². The maximum absolute atomic E-state index is 4.93. The molecular formula is C3H6N4S. The van der Waals surface area contributed by atoms with Gasteiger partial charge in [0.1, 0.15) is 0 Å². The summed E-state index contributed by atoms with van der Waals surface area (Å²) in [6, 6.07) is 0. The monoisotopic (exact) mass is 130 g/mol. The van der Waals surface area contributed by atoms with Crippen molar-refractivity contribution >= 4 is 23.1 Å². The first kappa shape index (κ1) is 5.43. The molecule has 1 heterocycles. The van der Waals surface area contributed by atoms with Gasteiger partial charge in [-0.3, -0.25) is 5.43 Å². The van der Waals surface area contributed by atoms with Crippen molar-refractivity contribution < 1.29 is 0 Å². The van der Waals surface area contributed by atoms with Crippen molar-refractivity contribution in [3.05, 3.63) is 0 Å². The molecule has 5 heteroatoms. The third kappa shape index (κ3) is 1.13.